The average Bonchev–Trinajstić information content (AvgIpc) is 2.81. The second kappa shape index (κ2) is 13.9. The number of carbonyl (C=O) groups is 2. The molecule has 0 aliphatic rings. The molecule has 0 aliphatic carbocycles. The van der Waals surface area contributed by atoms with Crippen LogP contribution >= 0.6 is 31.4 Å². The molecule has 0 saturated heterocycles. The van der Waals surface area contributed by atoms with Crippen molar-refractivity contribution in [3.05, 3.63) is 46.5 Å². The van der Waals surface area contributed by atoms with E-state index in [1.165, 1.54) is 0 Å². The molecule has 2 aromatic carbocycles. The SMILES string of the molecule is CCN(CC)C(=O)Oc1cc(SSSc2cc(OC(=O)N(CC)CC)c(C)cc2C)c(C)cc1C. The van der Waals surface area contributed by atoms with Gasteiger partial charge in [0, 0.05) is 36.0 Å². The lowest BCUT2D eigenvalue weighted by Gasteiger charge is -2.19. The smallest absolute Gasteiger partial charge is 0.410 e. The molecule has 0 N–H and O–H groups in total. The van der Waals surface area contributed by atoms with Gasteiger partial charge in [-0.25, -0.2) is 9.59 Å². The Labute approximate surface area is 221 Å². The first-order valence-corrected chi connectivity index (χ1v) is 15.3. The summed E-state index contributed by atoms with van der Waals surface area (Å²) in [6.45, 7) is 18.2. The van der Waals surface area contributed by atoms with Crippen molar-refractivity contribution < 1.29 is 19.1 Å². The molecule has 0 spiro atoms. The van der Waals surface area contributed by atoms with Crippen LogP contribution in [0.1, 0.15) is 49.9 Å². The van der Waals surface area contributed by atoms with Crippen LogP contribution in [0.4, 0.5) is 9.59 Å². The number of hydrogen-bond donors (Lipinski definition) is 0. The zero-order valence-electron chi connectivity index (χ0n) is 21.9. The van der Waals surface area contributed by atoms with Crippen LogP contribution < -0.4 is 9.47 Å². The summed E-state index contributed by atoms with van der Waals surface area (Å²) in [5, 5.41) is 0. The van der Waals surface area contributed by atoms with E-state index in [9.17, 15) is 9.59 Å². The van der Waals surface area contributed by atoms with Gasteiger partial charge in [-0.2, -0.15) is 0 Å². The maximum absolute atomic E-state index is 12.4. The van der Waals surface area contributed by atoms with Gasteiger partial charge in [-0.3, -0.25) is 0 Å². The number of ether oxygens (including phenoxy) is 2. The van der Waals surface area contributed by atoms with E-state index in [4.69, 9.17) is 9.47 Å². The highest BCUT2D eigenvalue weighted by Gasteiger charge is 2.17. The van der Waals surface area contributed by atoms with E-state index in [0.29, 0.717) is 37.7 Å². The fraction of sp³-hybridized carbons (Fsp3) is 0.462. The van der Waals surface area contributed by atoms with Gasteiger partial charge in [0.2, 0.25) is 0 Å². The number of carbonyl (C=O) groups excluding carboxylic acids is 2. The van der Waals surface area contributed by atoms with E-state index in [1.807, 2.05) is 65.8 Å². The van der Waals surface area contributed by atoms with Crippen LogP contribution in [0.5, 0.6) is 11.5 Å². The fourth-order valence-electron chi connectivity index (χ4n) is 3.40. The highest BCUT2D eigenvalue weighted by Crippen LogP contribution is 2.48. The van der Waals surface area contributed by atoms with Crippen molar-refractivity contribution in [1.82, 2.24) is 9.80 Å². The van der Waals surface area contributed by atoms with Crippen LogP contribution in [0.3, 0.4) is 0 Å². The zero-order chi connectivity index (χ0) is 26.1. The topological polar surface area (TPSA) is 59.1 Å². The third-order valence-corrected chi connectivity index (χ3v) is 9.72. The molecule has 0 aliphatic heterocycles. The van der Waals surface area contributed by atoms with Crippen LogP contribution in [-0.2, 0) is 0 Å². The minimum atomic E-state index is -0.331. The predicted molar refractivity (Wildman–Crippen MR) is 149 cm³/mol. The normalized spacial score (nSPS) is 10.7. The minimum absolute atomic E-state index is 0.331. The highest BCUT2D eigenvalue weighted by atomic mass is 33.5. The number of amides is 2. The predicted octanol–water partition coefficient (Wildman–Crippen LogP) is 8.05. The molecule has 0 unspecified atom stereocenters. The summed E-state index contributed by atoms with van der Waals surface area (Å²) in [4.78, 5) is 30.2. The van der Waals surface area contributed by atoms with Crippen molar-refractivity contribution in [2.45, 2.75) is 65.2 Å². The summed E-state index contributed by atoms with van der Waals surface area (Å²) < 4.78 is 11.4. The monoisotopic (exact) mass is 536 g/mol. The molecular weight excluding hydrogens is 500 g/mol. The third kappa shape index (κ3) is 8.02. The third-order valence-electron chi connectivity index (χ3n) is 5.63. The van der Waals surface area contributed by atoms with Crippen LogP contribution in [0.25, 0.3) is 0 Å². The molecule has 0 heterocycles. The van der Waals surface area contributed by atoms with E-state index in [0.717, 1.165) is 32.0 Å². The Balaban J connectivity index is 2.12. The summed E-state index contributed by atoms with van der Waals surface area (Å²) in [5.41, 5.74) is 4.11. The summed E-state index contributed by atoms with van der Waals surface area (Å²) in [6, 6.07) is 7.95. The lowest BCUT2D eigenvalue weighted by Crippen LogP contribution is -2.33. The molecule has 0 atom stereocenters. The van der Waals surface area contributed by atoms with Gasteiger partial charge in [0.15, 0.2) is 0 Å². The summed E-state index contributed by atoms with van der Waals surface area (Å²) in [6.07, 6.45) is -0.663. The van der Waals surface area contributed by atoms with Crippen LogP contribution in [0, 0.1) is 27.7 Å². The maximum atomic E-state index is 12.4. The van der Waals surface area contributed by atoms with Crippen LogP contribution in [-0.4, -0.2) is 48.2 Å². The van der Waals surface area contributed by atoms with Gasteiger partial charge < -0.3 is 19.3 Å². The molecule has 9 heteroatoms. The Morgan fingerprint density at radius 2 is 0.971 bits per heavy atom. The molecule has 6 nitrogen and oxygen atoms in total. The molecular formula is C26H36N2O4S3. The second-order valence-electron chi connectivity index (χ2n) is 8.08. The molecule has 0 radical (unpaired) electrons. The lowest BCUT2D eigenvalue weighted by atomic mass is 10.1. The Bertz CT molecular complexity index is 956. The molecule has 192 valence electrons. The average molecular weight is 537 g/mol. The highest BCUT2D eigenvalue weighted by molar-refractivity contribution is 9.09. The maximum Gasteiger partial charge on any atom is 0.415 e. The van der Waals surface area contributed by atoms with Crippen molar-refractivity contribution in [2.24, 2.45) is 0 Å². The Kier molecular flexibility index (Phi) is 11.7. The van der Waals surface area contributed by atoms with Gasteiger partial charge in [-0.05, 0) is 121 Å². The van der Waals surface area contributed by atoms with Crippen molar-refractivity contribution in [1.29, 1.82) is 0 Å². The summed E-state index contributed by atoms with van der Waals surface area (Å²) >= 11 is 0. The van der Waals surface area contributed by atoms with Gasteiger partial charge in [0.1, 0.15) is 11.5 Å². The fourth-order valence-corrected chi connectivity index (χ4v) is 7.51. The first-order chi connectivity index (χ1) is 16.6. The summed E-state index contributed by atoms with van der Waals surface area (Å²) in [7, 11) is 4.85. The van der Waals surface area contributed by atoms with E-state index in [2.05, 4.69) is 13.8 Å². The van der Waals surface area contributed by atoms with Gasteiger partial charge in [-0.1, -0.05) is 12.1 Å². The molecule has 2 rings (SSSR count). The van der Waals surface area contributed by atoms with E-state index in [1.54, 1.807) is 41.2 Å². The number of aryl methyl sites for hydroxylation is 4. The van der Waals surface area contributed by atoms with Gasteiger partial charge in [-0.15, -0.1) is 0 Å². The van der Waals surface area contributed by atoms with E-state index in [-0.39, 0.29) is 12.2 Å². The van der Waals surface area contributed by atoms with Gasteiger partial charge in [0.05, 0.1) is 0 Å². The zero-order valence-corrected chi connectivity index (χ0v) is 24.3. The van der Waals surface area contributed by atoms with Crippen molar-refractivity contribution in [3.63, 3.8) is 0 Å². The minimum Gasteiger partial charge on any atom is -0.410 e. The molecule has 0 aromatic heterocycles. The van der Waals surface area contributed by atoms with Crippen molar-refractivity contribution >= 4 is 43.6 Å². The quantitative estimate of drug-likeness (QED) is 0.285. The number of rotatable bonds is 10. The Morgan fingerprint density at radius 3 is 1.29 bits per heavy atom. The molecule has 2 aromatic rings. The molecule has 0 saturated carbocycles. The number of nitrogens with zero attached hydrogens (tertiary/aromatic N) is 2. The van der Waals surface area contributed by atoms with Gasteiger partial charge in [0.25, 0.3) is 0 Å². The molecule has 0 fully saturated rings. The van der Waals surface area contributed by atoms with Crippen LogP contribution in [0.2, 0.25) is 0 Å². The van der Waals surface area contributed by atoms with Gasteiger partial charge >= 0.3 is 12.2 Å². The standard InChI is InChI=1S/C26H36N2O4S3/c1-9-27(10-2)25(29)31-21-15-23(19(7)13-17(21)5)33-35-34-24-16-22(18(6)14-20(24)8)32-26(30)28(11-3)12-4/h13-16H,9-12H2,1-8H3. The van der Waals surface area contributed by atoms with Crippen LogP contribution in [0.15, 0.2) is 34.1 Å². The largest absolute Gasteiger partial charge is 0.415 e. The second-order valence-corrected chi connectivity index (χ2v) is 12.1. The molecule has 2 amide bonds. The summed E-state index contributed by atoms with van der Waals surface area (Å²) in [5.74, 6) is 1.16. The van der Waals surface area contributed by atoms with Crippen molar-refractivity contribution in [3.8, 4) is 11.5 Å². The molecule has 35 heavy (non-hydrogen) atoms. The first-order valence-electron chi connectivity index (χ1n) is 11.8. The lowest BCUT2D eigenvalue weighted by molar-refractivity contribution is 0.156. The first kappa shape index (κ1) is 29.3. The number of benzene rings is 2. The van der Waals surface area contributed by atoms with Crippen molar-refractivity contribution in [2.75, 3.05) is 26.2 Å². The molecule has 0 bridgehead atoms. The van der Waals surface area contributed by atoms with E-state index < -0.39 is 0 Å². The van der Waals surface area contributed by atoms with E-state index >= 15 is 0 Å². The Hall–Kier alpha value is -1.97. The number of hydrogen-bond acceptors (Lipinski definition) is 7. The Morgan fingerprint density at radius 1 is 0.629 bits per heavy atom.